The number of piperazine rings is 1. The quantitative estimate of drug-likeness (QED) is 0.0913. The van der Waals surface area contributed by atoms with Crippen molar-refractivity contribution in [2.75, 3.05) is 50.8 Å². The van der Waals surface area contributed by atoms with Crippen LogP contribution in [0, 0.1) is 28.8 Å². The molecular weight excluding hydrogens is 933 g/mol. The van der Waals surface area contributed by atoms with Gasteiger partial charge in [-0.2, -0.15) is 5.26 Å². The number of hydrogen-bond donors (Lipinski definition) is 1. The van der Waals surface area contributed by atoms with Crippen LogP contribution in [0.1, 0.15) is 70.6 Å². The highest BCUT2D eigenvalue weighted by Gasteiger charge is 2.41. The molecule has 0 aliphatic carbocycles. The van der Waals surface area contributed by atoms with Gasteiger partial charge < -0.3 is 24.3 Å². The molecule has 1 N–H and O–H groups in total. The van der Waals surface area contributed by atoms with Gasteiger partial charge in [-0.25, -0.2) is 23.1 Å². The Labute approximate surface area is 406 Å². The summed E-state index contributed by atoms with van der Waals surface area (Å²) in [7, 11) is 0. The topological polar surface area (TPSA) is 152 Å². The molecule has 5 heterocycles. The molecule has 2 unspecified atom stereocenters. The van der Waals surface area contributed by atoms with E-state index in [1.807, 2.05) is 17.0 Å². The number of likely N-dealkylation sites (tertiary alicyclic amines) is 1. The summed E-state index contributed by atoms with van der Waals surface area (Å²) in [5, 5.41) is 11.8. The first-order valence-corrected chi connectivity index (χ1v) is 23.6. The molecule has 0 radical (unpaired) electrons. The van der Waals surface area contributed by atoms with Crippen molar-refractivity contribution in [1.82, 2.24) is 30.0 Å². The van der Waals surface area contributed by atoms with Gasteiger partial charge in [-0.15, -0.1) is 0 Å². The van der Waals surface area contributed by atoms with Crippen LogP contribution in [0.25, 0.3) is 22.0 Å². The Kier molecular flexibility index (Phi) is 13.9. The van der Waals surface area contributed by atoms with E-state index in [9.17, 15) is 28.8 Å². The molecule has 1 aromatic heterocycles. The van der Waals surface area contributed by atoms with Gasteiger partial charge in [0.05, 0.1) is 40.8 Å². The Bertz CT molecular complexity index is 2930. The fraction of sp³-hybridized carbons (Fsp3) is 0.353. The normalized spacial score (nSPS) is 18.9. The van der Waals surface area contributed by atoms with Crippen LogP contribution in [0.4, 0.5) is 19.0 Å². The van der Waals surface area contributed by atoms with Crippen LogP contribution in [-0.4, -0.2) is 106 Å². The number of carbonyl (C=O) groups excluding carboxylic acids is 4. The highest BCUT2D eigenvalue weighted by molar-refractivity contribution is 6.41. The zero-order valence-corrected chi connectivity index (χ0v) is 39.0. The first kappa shape index (κ1) is 47.5. The molecule has 18 heteroatoms. The van der Waals surface area contributed by atoms with Gasteiger partial charge in [0.25, 0.3) is 11.8 Å². The number of imide groups is 1. The molecule has 9 rings (SSSR count). The number of carbonyl (C=O) groups is 4. The Morgan fingerprint density at radius 3 is 2.42 bits per heavy atom. The van der Waals surface area contributed by atoms with Crippen molar-refractivity contribution in [3.63, 3.8) is 0 Å². The van der Waals surface area contributed by atoms with Gasteiger partial charge in [0, 0.05) is 62.1 Å². The Morgan fingerprint density at radius 1 is 0.942 bits per heavy atom. The molecule has 5 aromatic rings. The molecule has 356 valence electrons. The molecule has 0 saturated carbocycles. The first-order chi connectivity index (χ1) is 33.3. The molecule has 4 amide bonds. The molecule has 4 aliphatic heterocycles. The maximum Gasteiger partial charge on any atom is 0.265 e. The summed E-state index contributed by atoms with van der Waals surface area (Å²) in [5.74, 6) is -3.24. The number of nitrogens with one attached hydrogen (secondary N) is 1. The number of amides is 4. The van der Waals surface area contributed by atoms with Crippen molar-refractivity contribution in [3.05, 3.63) is 129 Å². The second-order valence-electron chi connectivity index (χ2n) is 17.8. The fourth-order valence-corrected chi connectivity index (χ4v) is 10.5. The largest absolute Gasteiger partial charge is 0.492 e. The van der Waals surface area contributed by atoms with E-state index in [2.05, 4.69) is 45.0 Å². The fourth-order valence-electron chi connectivity index (χ4n) is 10.1. The SMILES string of the molecule is C=C(Cl)C(=O)N1CCN(c2ncnc3c(F)c(-c4c(F)cccc4OCCc4ccc(CCN5CCC(c6cc(F)cc7c6CN(C6CCC(=O)NC6=O)C7=O)CC5)cc4)c(Cl)cc23)CC1CC#N. The van der Waals surface area contributed by atoms with E-state index in [0.29, 0.717) is 24.3 Å². The average Bonchev–Trinajstić information content (AvgIpc) is 3.66. The van der Waals surface area contributed by atoms with E-state index in [0.717, 1.165) is 61.2 Å². The maximum absolute atomic E-state index is 16.6. The Hall–Kier alpha value is -6.54. The lowest BCUT2D eigenvalue weighted by atomic mass is 9.85. The first-order valence-electron chi connectivity index (χ1n) is 22.9. The summed E-state index contributed by atoms with van der Waals surface area (Å²) in [6.07, 6.45) is 4.52. The summed E-state index contributed by atoms with van der Waals surface area (Å²) in [4.78, 5) is 66.2. The molecular formula is C51H47Cl2F3N8O5. The lowest BCUT2D eigenvalue weighted by molar-refractivity contribution is -0.137. The lowest BCUT2D eigenvalue weighted by Crippen LogP contribution is -2.55. The minimum Gasteiger partial charge on any atom is -0.492 e. The number of aromatic nitrogens is 2. The number of benzene rings is 4. The summed E-state index contributed by atoms with van der Waals surface area (Å²) < 4.78 is 53.4. The summed E-state index contributed by atoms with van der Waals surface area (Å²) in [6.45, 7) is 7.07. The third-order valence-corrected chi connectivity index (χ3v) is 14.2. The van der Waals surface area contributed by atoms with Gasteiger partial charge in [0.1, 0.15) is 41.1 Å². The zero-order chi connectivity index (χ0) is 48.5. The van der Waals surface area contributed by atoms with Gasteiger partial charge in [0.15, 0.2) is 5.82 Å². The van der Waals surface area contributed by atoms with E-state index >= 15 is 8.78 Å². The number of anilines is 1. The van der Waals surface area contributed by atoms with Crippen molar-refractivity contribution in [3.8, 4) is 22.9 Å². The molecule has 69 heavy (non-hydrogen) atoms. The number of ether oxygens (including phenoxy) is 1. The predicted octanol–water partition coefficient (Wildman–Crippen LogP) is 7.86. The van der Waals surface area contributed by atoms with Gasteiger partial charge in [-0.3, -0.25) is 24.5 Å². The van der Waals surface area contributed by atoms with E-state index < -0.39 is 41.3 Å². The van der Waals surface area contributed by atoms with E-state index in [1.165, 1.54) is 46.5 Å². The molecule has 3 saturated heterocycles. The zero-order valence-electron chi connectivity index (χ0n) is 37.5. The van der Waals surface area contributed by atoms with E-state index in [4.69, 9.17) is 27.9 Å². The van der Waals surface area contributed by atoms with Crippen molar-refractivity contribution in [2.24, 2.45) is 0 Å². The molecule has 4 aliphatic rings. The van der Waals surface area contributed by atoms with Crippen LogP contribution in [0.15, 0.2) is 78.6 Å². The number of hydrogen-bond acceptors (Lipinski definition) is 10. The smallest absolute Gasteiger partial charge is 0.265 e. The third kappa shape index (κ3) is 9.73. The molecule has 0 spiro atoms. The van der Waals surface area contributed by atoms with Crippen LogP contribution in [0.5, 0.6) is 5.75 Å². The second-order valence-corrected chi connectivity index (χ2v) is 18.7. The van der Waals surface area contributed by atoms with Crippen molar-refractivity contribution in [2.45, 2.75) is 69.5 Å². The highest BCUT2D eigenvalue weighted by atomic mass is 35.5. The monoisotopic (exact) mass is 978 g/mol. The van der Waals surface area contributed by atoms with E-state index in [1.54, 1.807) is 6.07 Å². The Morgan fingerprint density at radius 2 is 1.70 bits per heavy atom. The minimum atomic E-state index is -0.857. The van der Waals surface area contributed by atoms with Crippen molar-refractivity contribution >= 4 is 63.6 Å². The van der Waals surface area contributed by atoms with Crippen LogP contribution >= 0.6 is 23.2 Å². The summed E-state index contributed by atoms with van der Waals surface area (Å²) in [6, 6.07) is 17.5. The molecule has 2 atom stereocenters. The molecule has 0 bridgehead atoms. The maximum atomic E-state index is 16.6. The predicted molar refractivity (Wildman–Crippen MR) is 253 cm³/mol. The van der Waals surface area contributed by atoms with Crippen LogP contribution in [0.2, 0.25) is 5.02 Å². The van der Waals surface area contributed by atoms with Crippen molar-refractivity contribution < 1.29 is 37.1 Å². The van der Waals surface area contributed by atoms with Gasteiger partial charge >= 0.3 is 0 Å². The molecule has 13 nitrogen and oxygen atoms in total. The van der Waals surface area contributed by atoms with Gasteiger partial charge in [-0.1, -0.05) is 60.1 Å². The number of halogens is 5. The molecule has 4 aromatic carbocycles. The van der Waals surface area contributed by atoms with Crippen LogP contribution < -0.4 is 15.0 Å². The van der Waals surface area contributed by atoms with Crippen LogP contribution in [0.3, 0.4) is 0 Å². The number of nitrogens with zero attached hydrogens (tertiary/aromatic N) is 7. The van der Waals surface area contributed by atoms with Crippen molar-refractivity contribution in [1.29, 1.82) is 5.26 Å². The molecule has 3 fully saturated rings. The number of fused-ring (bicyclic) bond motifs is 2. The van der Waals surface area contributed by atoms with E-state index in [-0.39, 0.29) is 101 Å². The summed E-state index contributed by atoms with van der Waals surface area (Å²) >= 11 is 12.7. The standard InChI is InChI=1S/C51H47Cl2F3N8O5/c1-29(52)50(67)63-21-20-62(26-34(63)11-16-57)48-37-25-39(53)44(46(56)47(37)58-28-59-48)45-40(55)3-2-4-42(45)69-22-15-31-7-5-30(6-8-31)12-17-61-18-13-32(14-19-61)35-23-33(54)24-36-38(35)27-64(51(36)68)41-9-10-43(65)60-49(41)66/h2-8,23-25,28,32,34,41H,1,9-15,17-22,26-27H2,(H,60,65,66). The summed E-state index contributed by atoms with van der Waals surface area (Å²) in [5.41, 5.74) is 3.59. The number of nitriles is 1. The van der Waals surface area contributed by atoms with Gasteiger partial charge in [0.2, 0.25) is 11.8 Å². The minimum absolute atomic E-state index is 0.0208. The lowest BCUT2D eigenvalue weighted by Gasteiger charge is -2.41. The highest BCUT2D eigenvalue weighted by Crippen LogP contribution is 2.43. The number of piperidine rings is 2. The second kappa shape index (κ2) is 20.2. The number of rotatable bonds is 13. The third-order valence-electron chi connectivity index (χ3n) is 13.7. The Balaban J connectivity index is 0.802. The average molecular weight is 980 g/mol. The van der Waals surface area contributed by atoms with Gasteiger partial charge in [-0.05, 0) is 97.3 Å². The van der Waals surface area contributed by atoms with Crippen LogP contribution in [-0.2, 0) is 33.8 Å².